The molecule has 112 valence electrons. The third kappa shape index (κ3) is 4.50. The van der Waals surface area contributed by atoms with Gasteiger partial charge in [0.05, 0.1) is 0 Å². The largest absolute Gasteiger partial charge is 0.378 e. The van der Waals surface area contributed by atoms with Gasteiger partial charge in [-0.3, -0.25) is 4.90 Å². The van der Waals surface area contributed by atoms with Crippen molar-refractivity contribution in [3.05, 3.63) is 29.8 Å². The molecule has 1 saturated heterocycles. The lowest BCUT2D eigenvalue weighted by atomic mass is 9.97. The van der Waals surface area contributed by atoms with Crippen molar-refractivity contribution in [3.8, 4) is 0 Å². The summed E-state index contributed by atoms with van der Waals surface area (Å²) in [7, 11) is 4.18. The van der Waals surface area contributed by atoms with Crippen LogP contribution < -0.4 is 10.2 Å². The molecule has 20 heavy (non-hydrogen) atoms. The van der Waals surface area contributed by atoms with Gasteiger partial charge in [0.15, 0.2) is 0 Å². The van der Waals surface area contributed by atoms with Gasteiger partial charge in [0.1, 0.15) is 0 Å². The Labute approximate surface area is 124 Å². The number of likely N-dealkylation sites (tertiary alicyclic amines) is 1. The van der Waals surface area contributed by atoms with E-state index in [2.05, 4.69) is 60.4 Å². The fourth-order valence-electron chi connectivity index (χ4n) is 2.97. The summed E-state index contributed by atoms with van der Waals surface area (Å²) in [6, 6.07) is 8.97. The van der Waals surface area contributed by atoms with Gasteiger partial charge in [-0.25, -0.2) is 0 Å². The quantitative estimate of drug-likeness (QED) is 0.861. The van der Waals surface area contributed by atoms with Gasteiger partial charge in [0, 0.05) is 32.9 Å². The van der Waals surface area contributed by atoms with E-state index in [0.717, 1.165) is 19.0 Å². The average molecular weight is 275 g/mol. The number of rotatable bonds is 6. The minimum Gasteiger partial charge on any atom is -0.378 e. The summed E-state index contributed by atoms with van der Waals surface area (Å²) in [5, 5.41) is 3.49. The molecule has 0 saturated carbocycles. The molecule has 0 bridgehead atoms. The molecule has 1 atom stereocenters. The zero-order valence-electron chi connectivity index (χ0n) is 13.2. The summed E-state index contributed by atoms with van der Waals surface area (Å²) in [6.07, 6.45) is 2.72. The van der Waals surface area contributed by atoms with Crippen LogP contribution in [0.2, 0.25) is 0 Å². The summed E-state index contributed by atoms with van der Waals surface area (Å²) >= 11 is 0. The lowest BCUT2D eigenvalue weighted by molar-refractivity contribution is 0.166. The van der Waals surface area contributed by atoms with Gasteiger partial charge in [-0.2, -0.15) is 0 Å². The first-order chi connectivity index (χ1) is 9.69. The van der Waals surface area contributed by atoms with Gasteiger partial charge in [-0.1, -0.05) is 19.1 Å². The Morgan fingerprint density at radius 1 is 1.25 bits per heavy atom. The van der Waals surface area contributed by atoms with E-state index in [1.807, 2.05) is 0 Å². The normalized spacial score (nSPS) is 20.1. The van der Waals surface area contributed by atoms with E-state index in [-0.39, 0.29) is 0 Å². The van der Waals surface area contributed by atoms with Crippen LogP contribution in [-0.4, -0.2) is 45.2 Å². The number of hydrogen-bond acceptors (Lipinski definition) is 3. The van der Waals surface area contributed by atoms with E-state index in [1.165, 1.54) is 43.7 Å². The molecule has 2 rings (SSSR count). The zero-order chi connectivity index (χ0) is 14.4. The molecule has 1 aromatic rings. The van der Waals surface area contributed by atoms with Crippen LogP contribution in [0.25, 0.3) is 0 Å². The Hall–Kier alpha value is -1.06. The van der Waals surface area contributed by atoms with Crippen molar-refractivity contribution in [2.75, 3.05) is 45.2 Å². The van der Waals surface area contributed by atoms with Crippen LogP contribution in [0.3, 0.4) is 0 Å². The molecule has 0 radical (unpaired) electrons. The Morgan fingerprint density at radius 3 is 2.65 bits per heavy atom. The molecule has 1 aliphatic heterocycles. The van der Waals surface area contributed by atoms with Crippen LogP contribution in [0.4, 0.5) is 5.69 Å². The number of nitrogens with zero attached hydrogens (tertiary/aromatic N) is 2. The van der Waals surface area contributed by atoms with Crippen LogP contribution in [0.1, 0.15) is 25.3 Å². The number of piperidine rings is 1. The van der Waals surface area contributed by atoms with Crippen molar-refractivity contribution in [3.63, 3.8) is 0 Å². The second kappa shape index (κ2) is 7.65. The standard InChI is InChI=1S/C17H29N3/c1-4-18-12-16-6-5-11-20(14-16)13-15-7-9-17(10-8-15)19(2)3/h7-10,16,18H,4-6,11-14H2,1-3H3. The molecule has 0 aliphatic carbocycles. The van der Waals surface area contributed by atoms with Crippen molar-refractivity contribution >= 4 is 5.69 Å². The van der Waals surface area contributed by atoms with Gasteiger partial charge in [0.2, 0.25) is 0 Å². The summed E-state index contributed by atoms with van der Waals surface area (Å²) in [4.78, 5) is 4.76. The first-order valence-electron chi connectivity index (χ1n) is 7.88. The second-order valence-corrected chi connectivity index (χ2v) is 6.11. The second-order valence-electron chi connectivity index (χ2n) is 6.11. The predicted octanol–water partition coefficient (Wildman–Crippen LogP) is 2.57. The van der Waals surface area contributed by atoms with Gasteiger partial charge in [-0.15, -0.1) is 0 Å². The van der Waals surface area contributed by atoms with Crippen LogP contribution in [0.5, 0.6) is 0 Å². The zero-order valence-corrected chi connectivity index (χ0v) is 13.2. The molecule has 3 heteroatoms. The van der Waals surface area contributed by atoms with Gasteiger partial charge in [-0.05, 0) is 56.1 Å². The predicted molar refractivity (Wildman–Crippen MR) is 87.3 cm³/mol. The first-order valence-corrected chi connectivity index (χ1v) is 7.88. The Kier molecular flexibility index (Phi) is 5.86. The minimum absolute atomic E-state index is 0.824. The molecule has 1 fully saturated rings. The third-order valence-corrected chi connectivity index (χ3v) is 4.15. The van der Waals surface area contributed by atoms with E-state index in [1.54, 1.807) is 0 Å². The van der Waals surface area contributed by atoms with Crippen LogP contribution in [0, 0.1) is 5.92 Å². The fraction of sp³-hybridized carbons (Fsp3) is 0.647. The van der Waals surface area contributed by atoms with E-state index in [0.29, 0.717) is 0 Å². The van der Waals surface area contributed by atoms with Gasteiger partial charge in [0.25, 0.3) is 0 Å². The van der Waals surface area contributed by atoms with Crippen molar-refractivity contribution in [2.45, 2.75) is 26.3 Å². The van der Waals surface area contributed by atoms with Crippen LogP contribution >= 0.6 is 0 Å². The summed E-state index contributed by atoms with van der Waals surface area (Å²) in [5.41, 5.74) is 2.71. The molecule has 0 spiro atoms. The average Bonchev–Trinajstić information content (AvgIpc) is 2.46. The molecule has 1 unspecified atom stereocenters. The maximum atomic E-state index is 3.49. The van der Waals surface area contributed by atoms with E-state index in [9.17, 15) is 0 Å². The lowest BCUT2D eigenvalue weighted by Crippen LogP contribution is -2.39. The monoisotopic (exact) mass is 275 g/mol. The highest BCUT2D eigenvalue weighted by Gasteiger charge is 2.19. The summed E-state index contributed by atoms with van der Waals surface area (Å²) in [6.45, 7) is 8.03. The first kappa shape index (κ1) is 15.3. The lowest BCUT2D eigenvalue weighted by Gasteiger charge is -2.33. The smallest absolute Gasteiger partial charge is 0.0361 e. The SMILES string of the molecule is CCNCC1CCCN(Cc2ccc(N(C)C)cc2)C1. The summed E-state index contributed by atoms with van der Waals surface area (Å²) in [5.74, 6) is 0.824. The highest BCUT2D eigenvalue weighted by atomic mass is 15.1. The molecule has 1 heterocycles. The van der Waals surface area contributed by atoms with Gasteiger partial charge < -0.3 is 10.2 Å². The fourth-order valence-corrected chi connectivity index (χ4v) is 2.97. The van der Waals surface area contributed by atoms with E-state index < -0.39 is 0 Å². The molecule has 1 N–H and O–H groups in total. The maximum absolute atomic E-state index is 3.49. The van der Waals surface area contributed by atoms with E-state index in [4.69, 9.17) is 0 Å². The van der Waals surface area contributed by atoms with E-state index >= 15 is 0 Å². The Balaban J connectivity index is 1.85. The third-order valence-electron chi connectivity index (χ3n) is 4.15. The molecule has 1 aliphatic rings. The highest BCUT2D eigenvalue weighted by molar-refractivity contribution is 5.45. The number of nitrogens with one attached hydrogen (secondary N) is 1. The Morgan fingerprint density at radius 2 is 2.00 bits per heavy atom. The molecular formula is C17H29N3. The van der Waals surface area contributed by atoms with Crippen molar-refractivity contribution in [2.24, 2.45) is 5.92 Å². The topological polar surface area (TPSA) is 18.5 Å². The number of hydrogen-bond donors (Lipinski definition) is 1. The maximum Gasteiger partial charge on any atom is 0.0361 e. The Bertz CT molecular complexity index is 386. The molecule has 1 aromatic carbocycles. The van der Waals surface area contributed by atoms with Crippen molar-refractivity contribution in [1.29, 1.82) is 0 Å². The summed E-state index contributed by atoms with van der Waals surface area (Å²) < 4.78 is 0. The van der Waals surface area contributed by atoms with Gasteiger partial charge >= 0.3 is 0 Å². The van der Waals surface area contributed by atoms with Crippen molar-refractivity contribution < 1.29 is 0 Å². The molecule has 0 aromatic heterocycles. The van der Waals surface area contributed by atoms with Crippen molar-refractivity contribution in [1.82, 2.24) is 10.2 Å². The minimum atomic E-state index is 0.824. The van der Waals surface area contributed by atoms with Crippen LogP contribution in [-0.2, 0) is 6.54 Å². The molecule has 3 nitrogen and oxygen atoms in total. The number of anilines is 1. The van der Waals surface area contributed by atoms with Crippen LogP contribution in [0.15, 0.2) is 24.3 Å². The highest BCUT2D eigenvalue weighted by Crippen LogP contribution is 2.19. The molecule has 0 amide bonds. The number of benzene rings is 1. The molecular weight excluding hydrogens is 246 g/mol.